The van der Waals surface area contributed by atoms with Crippen molar-refractivity contribution in [2.75, 3.05) is 19.1 Å². The zero-order chi connectivity index (χ0) is 23.7. The number of rotatable bonds is 5. The van der Waals surface area contributed by atoms with Crippen LogP contribution in [0.4, 0.5) is 5.69 Å². The van der Waals surface area contributed by atoms with E-state index in [0.717, 1.165) is 5.56 Å². The van der Waals surface area contributed by atoms with Gasteiger partial charge in [-0.05, 0) is 48.4 Å². The molecule has 1 aliphatic rings. The van der Waals surface area contributed by atoms with Gasteiger partial charge >= 0.3 is 0 Å². The number of carbonyl (C=O) groups excluding carboxylic acids is 2. The van der Waals surface area contributed by atoms with Crippen molar-refractivity contribution in [1.29, 1.82) is 0 Å². The van der Waals surface area contributed by atoms with Crippen LogP contribution in [0.15, 0.2) is 66.5 Å². The number of Topliss-reactive ketones (excluding diaryl/α,β-unsaturated/α-hetero) is 1. The third-order valence-electron chi connectivity index (χ3n) is 5.42. The Kier molecular flexibility index (Phi) is 6.07. The fraction of sp³-hybridized carbons (Fsp3) is 0.160. The van der Waals surface area contributed by atoms with Gasteiger partial charge in [-0.15, -0.1) is 0 Å². The molecule has 0 aliphatic carbocycles. The molecule has 1 unspecified atom stereocenters. The molecule has 0 bridgehead atoms. The third kappa shape index (κ3) is 3.91. The van der Waals surface area contributed by atoms with E-state index in [2.05, 4.69) is 4.98 Å². The Bertz CT molecular complexity index is 1270. The lowest BCUT2D eigenvalue weighted by Crippen LogP contribution is -2.29. The number of hydrogen-bond acceptors (Lipinski definition) is 6. The number of pyridine rings is 1. The highest BCUT2D eigenvalue weighted by atomic mass is 35.5. The number of ketones is 1. The fourth-order valence-electron chi connectivity index (χ4n) is 3.97. The molecule has 1 N–H and O–H groups in total. The van der Waals surface area contributed by atoms with E-state index >= 15 is 0 Å². The predicted molar refractivity (Wildman–Crippen MR) is 125 cm³/mol. The standard InChI is InChI=1S/C25H21ClN2O5/c1-14-10-18(24(33-3)19(26)11-14)22(29)20-21(15-6-5-9-27-13-15)28(25(31)23(20)30)16-7-4-8-17(12-16)32-2/h4-13,21,29H,1-3H3/b22-20+. The smallest absolute Gasteiger partial charge is 0.300 e. The molecule has 1 saturated heterocycles. The summed E-state index contributed by atoms with van der Waals surface area (Å²) in [6.07, 6.45) is 3.14. The van der Waals surface area contributed by atoms with E-state index < -0.39 is 17.7 Å². The number of aliphatic hydroxyl groups is 1. The number of anilines is 1. The van der Waals surface area contributed by atoms with E-state index in [-0.39, 0.29) is 27.7 Å². The number of methoxy groups -OCH3 is 2. The van der Waals surface area contributed by atoms with E-state index in [9.17, 15) is 14.7 Å². The van der Waals surface area contributed by atoms with Gasteiger partial charge in [-0.2, -0.15) is 0 Å². The Labute approximate surface area is 195 Å². The van der Waals surface area contributed by atoms with Crippen molar-refractivity contribution in [2.24, 2.45) is 0 Å². The van der Waals surface area contributed by atoms with Gasteiger partial charge < -0.3 is 14.6 Å². The summed E-state index contributed by atoms with van der Waals surface area (Å²) in [5, 5.41) is 11.6. The molecular formula is C25H21ClN2O5. The Morgan fingerprint density at radius 2 is 1.88 bits per heavy atom. The summed E-state index contributed by atoms with van der Waals surface area (Å²) < 4.78 is 10.7. The van der Waals surface area contributed by atoms with Gasteiger partial charge in [0.1, 0.15) is 17.3 Å². The van der Waals surface area contributed by atoms with Crippen LogP contribution in [-0.2, 0) is 9.59 Å². The molecule has 0 spiro atoms. The average molecular weight is 465 g/mol. The monoisotopic (exact) mass is 464 g/mol. The van der Waals surface area contributed by atoms with Gasteiger partial charge in [0.15, 0.2) is 0 Å². The van der Waals surface area contributed by atoms with Crippen LogP contribution in [0.2, 0.25) is 5.02 Å². The van der Waals surface area contributed by atoms with Crippen molar-refractivity contribution in [3.8, 4) is 11.5 Å². The molecule has 3 aromatic rings. The molecule has 1 aromatic heterocycles. The number of halogens is 1. The van der Waals surface area contributed by atoms with Crippen molar-refractivity contribution >= 4 is 34.7 Å². The van der Waals surface area contributed by atoms with E-state index in [0.29, 0.717) is 17.0 Å². The van der Waals surface area contributed by atoms with E-state index in [1.54, 1.807) is 67.8 Å². The van der Waals surface area contributed by atoms with Crippen LogP contribution in [0.5, 0.6) is 11.5 Å². The van der Waals surface area contributed by atoms with Crippen LogP contribution < -0.4 is 14.4 Å². The number of ether oxygens (including phenoxy) is 2. The average Bonchev–Trinajstić information content (AvgIpc) is 3.09. The first-order valence-corrected chi connectivity index (χ1v) is 10.4. The van der Waals surface area contributed by atoms with Crippen molar-refractivity contribution < 1.29 is 24.2 Å². The molecule has 0 saturated carbocycles. The first-order chi connectivity index (χ1) is 15.9. The maximum absolute atomic E-state index is 13.3. The minimum atomic E-state index is -0.921. The summed E-state index contributed by atoms with van der Waals surface area (Å²) in [4.78, 5) is 32.0. The van der Waals surface area contributed by atoms with Crippen molar-refractivity contribution in [3.05, 3.63) is 88.2 Å². The Balaban J connectivity index is 2.00. The molecule has 1 aliphatic heterocycles. The van der Waals surface area contributed by atoms with Crippen LogP contribution in [0.25, 0.3) is 5.76 Å². The fourth-order valence-corrected chi connectivity index (χ4v) is 4.32. The second kappa shape index (κ2) is 8.96. The van der Waals surface area contributed by atoms with Crippen LogP contribution in [0, 0.1) is 6.92 Å². The second-order valence-corrected chi connectivity index (χ2v) is 7.89. The molecular weight excluding hydrogens is 444 g/mol. The SMILES string of the molecule is COc1cccc(N2C(=O)C(=O)/C(=C(/O)c3cc(C)cc(Cl)c3OC)C2c2cccnc2)c1. The van der Waals surface area contributed by atoms with Gasteiger partial charge in [0.05, 0.1) is 36.4 Å². The molecule has 7 nitrogen and oxygen atoms in total. The van der Waals surface area contributed by atoms with E-state index in [1.165, 1.54) is 19.1 Å². The zero-order valence-corrected chi connectivity index (χ0v) is 19.0. The quantitative estimate of drug-likeness (QED) is 0.335. The number of aryl methyl sites for hydroxylation is 1. The van der Waals surface area contributed by atoms with Gasteiger partial charge in [0.25, 0.3) is 11.7 Å². The number of benzene rings is 2. The summed E-state index contributed by atoms with van der Waals surface area (Å²) >= 11 is 6.32. The maximum Gasteiger partial charge on any atom is 0.300 e. The maximum atomic E-state index is 13.3. The van der Waals surface area contributed by atoms with Gasteiger partial charge in [-0.3, -0.25) is 19.5 Å². The van der Waals surface area contributed by atoms with Crippen molar-refractivity contribution in [3.63, 3.8) is 0 Å². The number of nitrogens with zero attached hydrogens (tertiary/aromatic N) is 2. The molecule has 33 heavy (non-hydrogen) atoms. The number of amides is 1. The second-order valence-electron chi connectivity index (χ2n) is 7.48. The van der Waals surface area contributed by atoms with E-state index in [4.69, 9.17) is 21.1 Å². The first kappa shape index (κ1) is 22.4. The van der Waals surface area contributed by atoms with Gasteiger partial charge in [-0.25, -0.2) is 0 Å². The zero-order valence-electron chi connectivity index (χ0n) is 18.2. The summed E-state index contributed by atoms with van der Waals surface area (Å²) in [6.45, 7) is 1.80. The minimum absolute atomic E-state index is 0.0872. The molecule has 168 valence electrons. The Morgan fingerprint density at radius 3 is 2.55 bits per heavy atom. The summed E-state index contributed by atoms with van der Waals surface area (Å²) in [5.74, 6) is -1.26. The number of carbonyl (C=O) groups is 2. The molecule has 1 fully saturated rings. The van der Waals surface area contributed by atoms with Crippen molar-refractivity contribution in [2.45, 2.75) is 13.0 Å². The summed E-state index contributed by atoms with van der Waals surface area (Å²) in [7, 11) is 2.93. The first-order valence-electron chi connectivity index (χ1n) is 10.1. The molecule has 0 radical (unpaired) electrons. The number of aromatic nitrogens is 1. The van der Waals surface area contributed by atoms with E-state index in [1.807, 2.05) is 0 Å². The topological polar surface area (TPSA) is 89.0 Å². The number of hydrogen-bond donors (Lipinski definition) is 1. The van der Waals surface area contributed by atoms with Gasteiger partial charge in [-0.1, -0.05) is 23.7 Å². The van der Waals surface area contributed by atoms with Crippen LogP contribution in [0.3, 0.4) is 0 Å². The molecule has 1 amide bonds. The lowest BCUT2D eigenvalue weighted by Gasteiger charge is -2.25. The summed E-state index contributed by atoms with van der Waals surface area (Å²) in [6, 6.07) is 12.7. The van der Waals surface area contributed by atoms with Crippen LogP contribution in [-0.4, -0.2) is 36.0 Å². The van der Waals surface area contributed by atoms with Crippen LogP contribution in [0.1, 0.15) is 22.7 Å². The van der Waals surface area contributed by atoms with Crippen LogP contribution >= 0.6 is 11.6 Å². The molecule has 1 atom stereocenters. The normalized spacial score (nSPS) is 17.3. The van der Waals surface area contributed by atoms with Gasteiger partial charge in [0, 0.05) is 24.1 Å². The molecule has 4 rings (SSSR count). The third-order valence-corrected chi connectivity index (χ3v) is 5.70. The Morgan fingerprint density at radius 1 is 1.09 bits per heavy atom. The lowest BCUT2D eigenvalue weighted by molar-refractivity contribution is -0.132. The van der Waals surface area contributed by atoms with Crippen molar-refractivity contribution in [1.82, 2.24) is 4.98 Å². The highest BCUT2D eigenvalue weighted by Gasteiger charge is 2.47. The lowest BCUT2D eigenvalue weighted by atomic mass is 9.95. The highest BCUT2D eigenvalue weighted by Crippen LogP contribution is 2.44. The molecule has 8 heteroatoms. The molecule has 2 heterocycles. The van der Waals surface area contributed by atoms with Gasteiger partial charge in [0.2, 0.25) is 0 Å². The molecule has 2 aromatic carbocycles. The highest BCUT2D eigenvalue weighted by molar-refractivity contribution is 6.51. The largest absolute Gasteiger partial charge is 0.507 e. The predicted octanol–water partition coefficient (Wildman–Crippen LogP) is 4.69. The Hall–Kier alpha value is -3.84. The number of aliphatic hydroxyl groups excluding tert-OH is 1. The summed E-state index contributed by atoms with van der Waals surface area (Å²) in [5.41, 5.74) is 1.88. The minimum Gasteiger partial charge on any atom is -0.507 e.